The van der Waals surface area contributed by atoms with Crippen LogP contribution < -0.4 is 5.32 Å². The Balaban J connectivity index is 1.85. The summed E-state index contributed by atoms with van der Waals surface area (Å²) in [5.74, 6) is 2.69. The summed E-state index contributed by atoms with van der Waals surface area (Å²) in [5, 5.41) is 3.66. The van der Waals surface area contributed by atoms with Gasteiger partial charge in [-0.2, -0.15) is 0 Å². The Bertz CT molecular complexity index is 414. The van der Waals surface area contributed by atoms with E-state index < -0.39 is 0 Å². The second kappa shape index (κ2) is 5.89. The lowest BCUT2D eigenvalue weighted by atomic mass is 10.0. The Morgan fingerprint density at radius 1 is 1.41 bits per heavy atom. The molecule has 0 aliphatic heterocycles. The molecule has 1 unspecified atom stereocenters. The fourth-order valence-corrected chi connectivity index (χ4v) is 2.56. The summed E-state index contributed by atoms with van der Waals surface area (Å²) in [6.07, 6.45) is 10.9. The zero-order valence-electron chi connectivity index (χ0n) is 10.6. The van der Waals surface area contributed by atoms with Gasteiger partial charge in [-0.15, -0.1) is 12.3 Å². The van der Waals surface area contributed by atoms with Crippen LogP contribution in [0.15, 0.2) is 18.2 Å². The molecule has 90 valence electrons. The Kier molecular flexibility index (Phi) is 4.23. The number of terminal acetylenes is 1. The highest BCUT2D eigenvalue weighted by Gasteiger charge is 2.21. The van der Waals surface area contributed by atoms with Gasteiger partial charge in [0.2, 0.25) is 0 Å². The first kappa shape index (κ1) is 12.2. The van der Waals surface area contributed by atoms with Crippen molar-refractivity contribution >= 4 is 0 Å². The molecular weight excluding hydrogens is 206 g/mol. The Morgan fingerprint density at radius 3 is 3.12 bits per heavy atom. The molecule has 0 radical (unpaired) electrons. The maximum Gasteiger partial charge on any atom is 0.0326 e. The largest absolute Gasteiger partial charge is 0.310 e. The number of nitrogens with one attached hydrogen (secondary N) is 1. The number of fused-ring (bicyclic) bond motifs is 1. The Hall–Kier alpha value is -1.26. The fraction of sp³-hybridized carbons (Fsp3) is 0.500. The lowest BCUT2D eigenvalue weighted by Crippen LogP contribution is -2.20. The molecule has 0 bridgehead atoms. The molecule has 1 N–H and O–H groups in total. The van der Waals surface area contributed by atoms with Crippen molar-refractivity contribution in [3.63, 3.8) is 0 Å². The quantitative estimate of drug-likeness (QED) is 0.600. The van der Waals surface area contributed by atoms with Gasteiger partial charge in [0.15, 0.2) is 0 Å². The van der Waals surface area contributed by atoms with Crippen molar-refractivity contribution in [2.75, 3.05) is 6.54 Å². The highest BCUT2D eigenvalue weighted by molar-refractivity contribution is 5.37. The monoisotopic (exact) mass is 227 g/mol. The molecule has 0 spiro atoms. The number of hydrogen-bond acceptors (Lipinski definition) is 1. The van der Waals surface area contributed by atoms with E-state index in [9.17, 15) is 0 Å². The lowest BCUT2D eigenvalue weighted by Gasteiger charge is -2.14. The summed E-state index contributed by atoms with van der Waals surface area (Å²) in [6, 6.07) is 7.40. The summed E-state index contributed by atoms with van der Waals surface area (Å²) in [5.41, 5.74) is 4.41. The number of hydrogen-bond donors (Lipinski definition) is 1. The third-order valence-electron chi connectivity index (χ3n) is 3.52. The summed E-state index contributed by atoms with van der Waals surface area (Å²) in [7, 11) is 0. The second-order valence-corrected chi connectivity index (χ2v) is 4.91. The topological polar surface area (TPSA) is 12.0 Å². The van der Waals surface area contributed by atoms with E-state index in [0.717, 1.165) is 19.4 Å². The van der Waals surface area contributed by atoms with Crippen molar-refractivity contribution in [3.8, 4) is 12.3 Å². The van der Waals surface area contributed by atoms with Gasteiger partial charge in [0.25, 0.3) is 0 Å². The van der Waals surface area contributed by atoms with Gasteiger partial charge in [-0.1, -0.05) is 23.8 Å². The van der Waals surface area contributed by atoms with Crippen molar-refractivity contribution < 1.29 is 0 Å². The standard InChI is InChI=1S/C16H21N/c1-3-4-5-6-11-17-16-10-9-14-8-7-13(2)12-15(14)16/h1,7-8,12,16-17H,4-6,9-11H2,2H3. The minimum atomic E-state index is 0.565. The maximum atomic E-state index is 5.24. The predicted octanol–water partition coefficient (Wildman–Crippen LogP) is 3.38. The number of rotatable bonds is 5. The van der Waals surface area contributed by atoms with Crippen LogP contribution in [0, 0.1) is 19.3 Å². The highest BCUT2D eigenvalue weighted by atomic mass is 14.9. The van der Waals surface area contributed by atoms with Gasteiger partial charge in [-0.25, -0.2) is 0 Å². The third-order valence-corrected chi connectivity index (χ3v) is 3.52. The van der Waals surface area contributed by atoms with Crippen LogP contribution in [0.25, 0.3) is 0 Å². The van der Waals surface area contributed by atoms with Crippen molar-refractivity contribution in [2.45, 2.75) is 45.1 Å². The lowest BCUT2D eigenvalue weighted by molar-refractivity contribution is 0.514. The number of benzene rings is 1. The zero-order chi connectivity index (χ0) is 12.1. The zero-order valence-corrected chi connectivity index (χ0v) is 10.6. The van der Waals surface area contributed by atoms with Gasteiger partial charge in [0, 0.05) is 12.5 Å². The van der Waals surface area contributed by atoms with Crippen LogP contribution in [0.4, 0.5) is 0 Å². The highest BCUT2D eigenvalue weighted by Crippen LogP contribution is 2.31. The minimum Gasteiger partial charge on any atom is -0.310 e. The van der Waals surface area contributed by atoms with Crippen molar-refractivity contribution in [1.82, 2.24) is 5.32 Å². The van der Waals surface area contributed by atoms with Crippen LogP contribution in [-0.4, -0.2) is 6.54 Å². The summed E-state index contributed by atoms with van der Waals surface area (Å²) in [6.45, 7) is 3.25. The van der Waals surface area contributed by atoms with Crippen LogP contribution in [0.5, 0.6) is 0 Å². The summed E-state index contributed by atoms with van der Waals surface area (Å²) >= 11 is 0. The summed E-state index contributed by atoms with van der Waals surface area (Å²) in [4.78, 5) is 0. The molecule has 1 aliphatic carbocycles. The molecule has 1 heteroatoms. The van der Waals surface area contributed by atoms with Gasteiger partial charge in [0.1, 0.15) is 0 Å². The first-order chi connectivity index (χ1) is 8.31. The molecule has 0 fully saturated rings. The molecule has 1 aromatic rings. The van der Waals surface area contributed by atoms with Crippen LogP contribution in [-0.2, 0) is 6.42 Å². The maximum absolute atomic E-state index is 5.24. The van der Waals surface area contributed by atoms with Gasteiger partial charge >= 0.3 is 0 Å². The van der Waals surface area contributed by atoms with Gasteiger partial charge in [-0.3, -0.25) is 0 Å². The molecule has 0 heterocycles. The van der Waals surface area contributed by atoms with Crippen molar-refractivity contribution in [3.05, 3.63) is 34.9 Å². The van der Waals surface area contributed by atoms with E-state index in [2.05, 4.69) is 36.4 Å². The summed E-state index contributed by atoms with van der Waals surface area (Å²) < 4.78 is 0. The molecule has 0 amide bonds. The SMILES string of the molecule is C#CCCCCNC1CCc2ccc(C)cc21. The molecule has 0 saturated carbocycles. The van der Waals surface area contributed by atoms with E-state index in [0.29, 0.717) is 6.04 Å². The molecule has 1 atom stereocenters. The first-order valence-corrected chi connectivity index (χ1v) is 6.57. The number of unbranched alkanes of at least 4 members (excludes halogenated alkanes) is 2. The Labute approximate surface area is 105 Å². The van der Waals surface area contributed by atoms with E-state index in [1.807, 2.05) is 0 Å². The second-order valence-electron chi connectivity index (χ2n) is 4.91. The first-order valence-electron chi connectivity index (χ1n) is 6.57. The molecule has 1 aliphatic rings. The van der Waals surface area contributed by atoms with E-state index in [4.69, 9.17) is 6.42 Å². The molecule has 1 nitrogen and oxygen atoms in total. The Morgan fingerprint density at radius 2 is 2.29 bits per heavy atom. The van der Waals surface area contributed by atoms with E-state index >= 15 is 0 Å². The average Bonchev–Trinajstić information content (AvgIpc) is 2.72. The van der Waals surface area contributed by atoms with E-state index in [1.54, 1.807) is 0 Å². The molecular formula is C16H21N. The van der Waals surface area contributed by atoms with Crippen LogP contribution in [0.1, 0.15) is 48.4 Å². The van der Waals surface area contributed by atoms with E-state index in [1.165, 1.54) is 36.0 Å². The third kappa shape index (κ3) is 3.11. The predicted molar refractivity (Wildman–Crippen MR) is 72.9 cm³/mol. The van der Waals surface area contributed by atoms with Crippen LogP contribution >= 0.6 is 0 Å². The van der Waals surface area contributed by atoms with Gasteiger partial charge < -0.3 is 5.32 Å². The normalized spacial score (nSPS) is 17.8. The average molecular weight is 227 g/mol. The molecule has 0 aromatic heterocycles. The molecule has 1 aromatic carbocycles. The molecule has 17 heavy (non-hydrogen) atoms. The van der Waals surface area contributed by atoms with E-state index in [-0.39, 0.29) is 0 Å². The molecule has 2 rings (SSSR count). The smallest absolute Gasteiger partial charge is 0.0326 e. The molecule has 0 saturated heterocycles. The van der Waals surface area contributed by atoms with Gasteiger partial charge in [0.05, 0.1) is 0 Å². The van der Waals surface area contributed by atoms with Crippen LogP contribution in [0.2, 0.25) is 0 Å². The number of aryl methyl sites for hydroxylation is 2. The van der Waals surface area contributed by atoms with Crippen molar-refractivity contribution in [1.29, 1.82) is 0 Å². The van der Waals surface area contributed by atoms with Crippen LogP contribution in [0.3, 0.4) is 0 Å². The van der Waals surface area contributed by atoms with Gasteiger partial charge in [-0.05, 0) is 50.3 Å². The van der Waals surface area contributed by atoms with Crippen molar-refractivity contribution in [2.24, 2.45) is 0 Å². The fourth-order valence-electron chi connectivity index (χ4n) is 2.56. The minimum absolute atomic E-state index is 0.565.